The van der Waals surface area contributed by atoms with Gasteiger partial charge in [0.15, 0.2) is 0 Å². The standard InChI is InChI=1S/C8H15NO3/c1-12-8(11)5-3-2-4-6(9)7(5)10/h5-7,10H,2-4,9H2,1H3. The van der Waals surface area contributed by atoms with Crippen molar-refractivity contribution in [1.82, 2.24) is 0 Å². The Labute approximate surface area is 71.7 Å². The van der Waals surface area contributed by atoms with Crippen molar-refractivity contribution in [3.05, 3.63) is 0 Å². The van der Waals surface area contributed by atoms with Crippen molar-refractivity contribution in [2.24, 2.45) is 11.7 Å². The molecule has 0 saturated heterocycles. The predicted octanol–water partition coefficient (Wildman–Crippen LogP) is -0.352. The van der Waals surface area contributed by atoms with Crippen LogP contribution >= 0.6 is 0 Å². The fraction of sp³-hybridized carbons (Fsp3) is 0.875. The average molecular weight is 173 g/mol. The van der Waals surface area contributed by atoms with Crippen LogP contribution in [0, 0.1) is 5.92 Å². The monoisotopic (exact) mass is 173 g/mol. The zero-order chi connectivity index (χ0) is 9.14. The number of nitrogens with two attached hydrogens (primary N) is 1. The first-order chi connectivity index (χ1) is 5.66. The van der Waals surface area contributed by atoms with Crippen molar-refractivity contribution in [2.75, 3.05) is 7.11 Å². The average Bonchev–Trinajstić information content (AvgIpc) is 2.08. The molecule has 0 aromatic heterocycles. The number of esters is 1. The predicted molar refractivity (Wildman–Crippen MR) is 43.3 cm³/mol. The molecular weight excluding hydrogens is 158 g/mol. The largest absolute Gasteiger partial charge is 0.469 e. The maximum absolute atomic E-state index is 11.1. The van der Waals surface area contributed by atoms with Gasteiger partial charge in [-0.2, -0.15) is 0 Å². The van der Waals surface area contributed by atoms with Gasteiger partial charge in [-0.15, -0.1) is 0 Å². The second-order valence-corrected chi connectivity index (χ2v) is 3.22. The van der Waals surface area contributed by atoms with Crippen LogP contribution in [0.5, 0.6) is 0 Å². The van der Waals surface area contributed by atoms with Crippen LogP contribution in [0.4, 0.5) is 0 Å². The highest BCUT2D eigenvalue weighted by Crippen LogP contribution is 2.24. The summed E-state index contributed by atoms with van der Waals surface area (Å²) in [6.45, 7) is 0. The minimum Gasteiger partial charge on any atom is -0.469 e. The highest BCUT2D eigenvalue weighted by atomic mass is 16.5. The van der Waals surface area contributed by atoms with Gasteiger partial charge in [0.1, 0.15) is 0 Å². The molecular formula is C8H15NO3. The number of hydrogen-bond donors (Lipinski definition) is 2. The van der Waals surface area contributed by atoms with Crippen LogP contribution in [0.2, 0.25) is 0 Å². The van der Waals surface area contributed by atoms with E-state index in [1.54, 1.807) is 0 Å². The van der Waals surface area contributed by atoms with E-state index in [2.05, 4.69) is 4.74 Å². The van der Waals surface area contributed by atoms with Gasteiger partial charge >= 0.3 is 5.97 Å². The van der Waals surface area contributed by atoms with Crippen LogP contribution < -0.4 is 5.73 Å². The van der Waals surface area contributed by atoms with Crippen molar-refractivity contribution in [3.63, 3.8) is 0 Å². The van der Waals surface area contributed by atoms with E-state index in [0.29, 0.717) is 6.42 Å². The Morgan fingerprint density at radius 1 is 1.58 bits per heavy atom. The molecule has 0 aliphatic heterocycles. The first kappa shape index (κ1) is 9.48. The third-order valence-electron chi connectivity index (χ3n) is 2.41. The molecule has 0 bridgehead atoms. The number of aliphatic hydroxyl groups is 1. The van der Waals surface area contributed by atoms with Gasteiger partial charge < -0.3 is 15.6 Å². The van der Waals surface area contributed by atoms with E-state index in [9.17, 15) is 9.90 Å². The van der Waals surface area contributed by atoms with E-state index in [-0.39, 0.29) is 12.0 Å². The van der Waals surface area contributed by atoms with Crippen molar-refractivity contribution in [3.8, 4) is 0 Å². The van der Waals surface area contributed by atoms with E-state index >= 15 is 0 Å². The summed E-state index contributed by atoms with van der Waals surface area (Å²) in [4.78, 5) is 11.1. The highest BCUT2D eigenvalue weighted by Gasteiger charge is 2.34. The van der Waals surface area contributed by atoms with E-state index in [1.165, 1.54) is 7.11 Å². The Hall–Kier alpha value is -0.610. The summed E-state index contributed by atoms with van der Waals surface area (Å²) in [7, 11) is 1.33. The summed E-state index contributed by atoms with van der Waals surface area (Å²) in [6, 6.07) is -0.275. The van der Waals surface area contributed by atoms with Crippen molar-refractivity contribution in [1.29, 1.82) is 0 Å². The SMILES string of the molecule is COC(=O)C1CCCC(N)C1O. The number of hydrogen-bond acceptors (Lipinski definition) is 4. The smallest absolute Gasteiger partial charge is 0.311 e. The van der Waals surface area contributed by atoms with Gasteiger partial charge in [-0.3, -0.25) is 4.79 Å². The number of carbonyl (C=O) groups excluding carboxylic acids is 1. The lowest BCUT2D eigenvalue weighted by Gasteiger charge is -2.30. The van der Waals surface area contributed by atoms with Gasteiger partial charge in [0.25, 0.3) is 0 Å². The molecule has 1 fully saturated rings. The molecule has 3 N–H and O–H groups in total. The molecule has 0 spiro atoms. The van der Waals surface area contributed by atoms with Gasteiger partial charge in [-0.05, 0) is 12.8 Å². The molecule has 0 radical (unpaired) electrons. The Morgan fingerprint density at radius 2 is 2.25 bits per heavy atom. The fourth-order valence-electron chi connectivity index (χ4n) is 1.62. The maximum Gasteiger partial charge on any atom is 0.311 e. The minimum absolute atomic E-state index is 0.275. The Bertz CT molecular complexity index is 172. The lowest BCUT2D eigenvalue weighted by atomic mass is 9.83. The molecule has 0 aromatic carbocycles. The third kappa shape index (κ3) is 1.76. The lowest BCUT2D eigenvalue weighted by molar-refractivity contribution is -0.151. The van der Waals surface area contributed by atoms with Gasteiger partial charge in [-0.1, -0.05) is 6.42 Å². The van der Waals surface area contributed by atoms with Crippen LogP contribution in [-0.2, 0) is 9.53 Å². The van der Waals surface area contributed by atoms with Crippen LogP contribution in [-0.4, -0.2) is 30.3 Å². The first-order valence-electron chi connectivity index (χ1n) is 4.18. The quantitative estimate of drug-likeness (QED) is 0.531. The second-order valence-electron chi connectivity index (χ2n) is 3.22. The number of aliphatic hydroxyl groups excluding tert-OH is 1. The van der Waals surface area contributed by atoms with E-state index in [0.717, 1.165) is 12.8 Å². The Balaban J connectivity index is 2.57. The van der Waals surface area contributed by atoms with Crippen LogP contribution in [0.3, 0.4) is 0 Å². The summed E-state index contributed by atoms with van der Waals surface area (Å²) in [6.07, 6.45) is 1.62. The molecule has 0 amide bonds. The van der Waals surface area contributed by atoms with Crippen LogP contribution in [0.25, 0.3) is 0 Å². The minimum atomic E-state index is -0.730. The van der Waals surface area contributed by atoms with Crippen molar-refractivity contribution < 1.29 is 14.6 Å². The number of rotatable bonds is 1. The Morgan fingerprint density at radius 3 is 2.83 bits per heavy atom. The molecule has 1 saturated carbocycles. The molecule has 0 heterocycles. The van der Waals surface area contributed by atoms with E-state index < -0.39 is 12.0 Å². The molecule has 1 rings (SSSR count). The molecule has 0 aromatic rings. The van der Waals surface area contributed by atoms with Gasteiger partial charge in [0.2, 0.25) is 0 Å². The zero-order valence-corrected chi connectivity index (χ0v) is 7.19. The third-order valence-corrected chi connectivity index (χ3v) is 2.41. The molecule has 4 heteroatoms. The second kappa shape index (κ2) is 3.87. The number of ether oxygens (including phenoxy) is 1. The van der Waals surface area contributed by atoms with Gasteiger partial charge in [0.05, 0.1) is 19.1 Å². The maximum atomic E-state index is 11.1. The fourth-order valence-corrected chi connectivity index (χ4v) is 1.62. The highest BCUT2D eigenvalue weighted by molar-refractivity contribution is 5.73. The van der Waals surface area contributed by atoms with Crippen molar-refractivity contribution >= 4 is 5.97 Å². The summed E-state index contributed by atoms with van der Waals surface area (Å²) in [5.74, 6) is -0.767. The van der Waals surface area contributed by atoms with Gasteiger partial charge in [0, 0.05) is 6.04 Å². The lowest BCUT2D eigenvalue weighted by Crippen LogP contribution is -2.46. The van der Waals surface area contributed by atoms with E-state index in [4.69, 9.17) is 5.73 Å². The topological polar surface area (TPSA) is 72.5 Å². The molecule has 3 unspecified atom stereocenters. The summed E-state index contributed by atoms with van der Waals surface area (Å²) in [5, 5.41) is 9.51. The van der Waals surface area contributed by atoms with Crippen molar-refractivity contribution in [2.45, 2.75) is 31.4 Å². The number of carbonyl (C=O) groups is 1. The molecule has 3 atom stereocenters. The van der Waals surface area contributed by atoms with Crippen LogP contribution in [0.1, 0.15) is 19.3 Å². The molecule has 70 valence electrons. The van der Waals surface area contributed by atoms with Gasteiger partial charge in [-0.25, -0.2) is 0 Å². The summed E-state index contributed by atoms with van der Waals surface area (Å²) < 4.78 is 4.55. The normalized spacial score (nSPS) is 36.1. The summed E-state index contributed by atoms with van der Waals surface area (Å²) in [5.41, 5.74) is 5.60. The Kier molecular flexibility index (Phi) is 3.05. The number of methoxy groups -OCH3 is 1. The molecule has 1 aliphatic rings. The van der Waals surface area contributed by atoms with Crippen LogP contribution in [0.15, 0.2) is 0 Å². The first-order valence-corrected chi connectivity index (χ1v) is 4.18. The zero-order valence-electron chi connectivity index (χ0n) is 7.19. The molecule has 1 aliphatic carbocycles. The van der Waals surface area contributed by atoms with E-state index in [1.807, 2.05) is 0 Å². The molecule has 12 heavy (non-hydrogen) atoms. The summed E-state index contributed by atoms with van der Waals surface area (Å²) >= 11 is 0. The molecule has 4 nitrogen and oxygen atoms in total.